The van der Waals surface area contributed by atoms with E-state index < -0.39 is 72.3 Å². The number of carboxylic acid groups (broad SMARTS) is 2. The lowest BCUT2D eigenvalue weighted by molar-refractivity contribution is -0.148. The fraction of sp³-hybridized carbons (Fsp3) is 0.500. The van der Waals surface area contributed by atoms with Crippen LogP contribution in [0, 0.1) is 5.92 Å². The quantitative estimate of drug-likeness (QED) is 0.154. The fourth-order valence-electron chi connectivity index (χ4n) is 3.06. The molecule has 0 aliphatic carbocycles. The Morgan fingerprint density at radius 2 is 1.37 bits per heavy atom. The van der Waals surface area contributed by atoms with Crippen LogP contribution >= 0.6 is 0 Å². The number of aliphatic carboxylic acids is 2. The van der Waals surface area contributed by atoms with Gasteiger partial charge in [-0.15, -0.1) is 0 Å². The summed E-state index contributed by atoms with van der Waals surface area (Å²) >= 11 is 0. The maximum Gasteiger partial charge on any atom is 0.326 e. The summed E-state index contributed by atoms with van der Waals surface area (Å²) in [5.41, 5.74) is 6.62. The largest absolute Gasteiger partial charge is 0.508 e. The van der Waals surface area contributed by atoms with Crippen molar-refractivity contribution >= 4 is 29.7 Å². The number of nitrogens with one attached hydrogen (secondary N) is 3. The normalized spacial score (nSPS) is 15.3. The van der Waals surface area contributed by atoms with E-state index in [-0.39, 0.29) is 12.2 Å². The molecule has 0 fully saturated rings. The van der Waals surface area contributed by atoms with E-state index in [0.717, 1.165) is 0 Å². The molecule has 1 aromatic rings. The predicted octanol–water partition coefficient (Wildman–Crippen LogP) is -1.69. The molecule has 9 N–H and O–H groups in total. The summed E-state index contributed by atoms with van der Waals surface area (Å²) in [5.74, 6) is -6.09. The van der Waals surface area contributed by atoms with Gasteiger partial charge in [-0.25, -0.2) is 4.79 Å². The number of aliphatic hydroxyl groups is 1. The second kappa shape index (κ2) is 13.2. The van der Waals surface area contributed by atoms with E-state index in [4.69, 9.17) is 15.9 Å². The van der Waals surface area contributed by atoms with Crippen LogP contribution in [0.4, 0.5) is 0 Å². The van der Waals surface area contributed by atoms with Crippen molar-refractivity contribution in [3.63, 3.8) is 0 Å². The van der Waals surface area contributed by atoms with Crippen LogP contribution in [0.1, 0.15) is 32.8 Å². The van der Waals surface area contributed by atoms with Crippen molar-refractivity contribution in [1.29, 1.82) is 0 Å². The second-order valence-electron chi connectivity index (χ2n) is 8.43. The van der Waals surface area contributed by atoms with Gasteiger partial charge in [-0.2, -0.15) is 0 Å². The molecule has 1 aromatic carbocycles. The molecule has 0 spiro atoms. The van der Waals surface area contributed by atoms with Crippen LogP contribution in [0.25, 0.3) is 0 Å². The van der Waals surface area contributed by atoms with E-state index >= 15 is 0 Å². The Balaban J connectivity index is 2.89. The Hall–Kier alpha value is -3.71. The van der Waals surface area contributed by atoms with Gasteiger partial charge in [0, 0.05) is 0 Å². The first-order valence-corrected chi connectivity index (χ1v) is 10.8. The highest BCUT2D eigenvalue weighted by Gasteiger charge is 2.34. The molecule has 0 bridgehead atoms. The first-order chi connectivity index (χ1) is 16.2. The molecule has 0 aliphatic heterocycles. The number of nitrogens with two attached hydrogens (primary N) is 1. The van der Waals surface area contributed by atoms with Crippen molar-refractivity contribution in [3.05, 3.63) is 29.8 Å². The molecule has 0 heterocycles. The summed E-state index contributed by atoms with van der Waals surface area (Å²) in [6.07, 6.45) is -2.26. The van der Waals surface area contributed by atoms with E-state index in [1.165, 1.54) is 19.1 Å². The van der Waals surface area contributed by atoms with Gasteiger partial charge in [-0.1, -0.05) is 26.0 Å². The van der Waals surface area contributed by atoms with Crippen LogP contribution in [0.15, 0.2) is 24.3 Å². The van der Waals surface area contributed by atoms with Gasteiger partial charge >= 0.3 is 11.9 Å². The Kier molecular flexibility index (Phi) is 11.1. The van der Waals surface area contributed by atoms with Crippen molar-refractivity contribution in [2.24, 2.45) is 11.7 Å². The molecule has 0 radical (unpaired) electrons. The molecular formula is C22H32N4O9. The topological polar surface area (TPSA) is 228 Å². The van der Waals surface area contributed by atoms with Crippen LogP contribution in [0.3, 0.4) is 0 Å². The zero-order chi connectivity index (χ0) is 26.9. The zero-order valence-corrected chi connectivity index (χ0v) is 19.6. The highest BCUT2D eigenvalue weighted by atomic mass is 16.4. The number of carboxylic acids is 2. The van der Waals surface area contributed by atoms with E-state index in [1.807, 2.05) is 5.32 Å². The van der Waals surface area contributed by atoms with Gasteiger partial charge in [0.05, 0.1) is 18.6 Å². The van der Waals surface area contributed by atoms with Gasteiger partial charge in [0.2, 0.25) is 17.7 Å². The molecular weight excluding hydrogens is 464 g/mol. The number of benzene rings is 1. The Labute approximate surface area is 201 Å². The number of aliphatic hydroxyl groups excluding tert-OH is 1. The van der Waals surface area contributed by atoms with Gasteiger partial charge in [0.1, 0.15) is 23.9 Å². The number of phenols is 1. The third-order valence-corrected chi connectivity index (χ3v) is 5.03. The molecule has 5 unspecified atom stereocenters. The number of carbonyl (C=O) groups excluding carboxylic acids is 3. The van der Waals surface area contributed by atoms with Crippen LogP contribution in [-0.2, 0) is 30.4 Å². The van der Waals surface area contributed by atoms with Crippen LogP contribution in [0.5, 0.6) is 5.75 Å². The average Bonchev–Trinajstić information content (AvgIpc) is 2.75. The zero-order valence-electron chi connectivity index (χ0n) is 19.6. The SMILES string of the molecule is CC(C)C(NC(=O)C(N)Cc1ccc(O)cc1)C(=O)NC(C(=O)NC(CC(=O)O)C(=O)O)C(C)O. The van der Waals surface area contributed by atoms with E-state index in [9.17, 15) is 34.2 Å². The Bertz CT molecular complexity index is 918. The summed E-state index contributed by atoms with van der Waals surface area (Å²) < 4.78 is 0. The van der Waals surface area contributed by atoms with Crippen molar-refractivity contribution in [3.8, 4) is 5.75 Å². The molecule has 35 heavy (non-hydrogen) atoms. The Morgan fingerprint density at radius 3 is 1.83 bits per heavy atom. The van der Waals surface area contributed by atoms with Crippen molar-refractivity contribution in [2.75, 3.05) is 0 Å². The number of hydrogen-bond donors (Lipinski definition) is 8. The maximum absolute atomic E-state index is 12.9. The lowest BCUT2D eigenvalue weighted by Crippen LogP contribution is -2.61. The minimum Gasteiger partial charge on any atom is -0.508 e. The lowest BCUT2D eigenvalue weighted by Gasteiger charge is -2.28. The molecule has 13 nitrogen and oxygen atoms in total. The third kappa shape index (κ3) is 9.59. The third-order valence-electron chi connectivity index (χ3n) is 5.03. The van der Waals surface area contributed by atoms with Gasteiger partial charge in [0.15, 0.2) is 0 Å². The van der Waals surface area contributed by atoms with Gasteiger partial charge in [-0.05, 0) is 37.0 Å². The molecule has 1 rings (SSSR count). The summed E-state index contributed by atoms with van der Waals surface area (Å²) in [4.78, 5) is 60.0. The average molecular weight is 497 g/mol. The van der Waals surface area contributed by atoms with E-state index in [0.29, 0.717) is 5.56 Å². The van der Waals surface area contributed by atoms with Gasteiger partial charge in [0.25, 0.3) is 0 Å². The summed E-state index contributed by atoms with van der Waals surface area (Å²) in [6, 6.07) is 0.478. The number of phenolic OH excluding ortho intramolecular Hbond substituents is 1. The van der Waals surface area contributed by atoms with Crippen molar-refractivity contribution < 1.29 is 44.4 Å². The van der Waals surface area contributed by atoms with E-state index in [1.54, 1.807) is 26.0 Å². The predicted molar refractivity (Wildman–Crippen MR) is 122 cm³/mol. The van der Waals surface area contributed by atoms with Crippen molar-refractivity contribution in [1.82, 2.24) is 16.0 Å². The Morgan fingerprint density at radius 1 is 0.857 bits per heavy atom. The summed E-state index contributed by atoms with van der Waals surface area (Å²) in [7, 11) is 0. The number of aromatic hydroxyl groups is 1. The second-order valence-corrected chi connectivity index (χ2v) is 8.43. The van der Waals surface area contributed by atoms with Gasteiger partial charge in [-0.3, -0.25) is 19.2 Å². The van der Waals surface area contributed by atoms with Crippen LogP contribution in [0.2, 0.25) is 0 Å². The van der Waals surface area contributed by atoms with Crippen LogP contribution in [-0.4, -0.2) is 80.4 Å². The van der Waals surface area contributed by atoms with E-state index in [2.05, 4.69) is 10.6 Å². The summed E-state index contributed by atoms with van der Waals surface area (Å²) in [5, 5.41) is 44.0. The number of rotatable bonds is 13. The van der Waals surface area contributed by atoms with Gasteiger partial charge < -0.3 is 42.1 Å². The maximum atomic E-state index is 12.9. The highest BCUT2D eigenvalue weighted by Crippen LogP contribution is 2.11. The fourth-order valence-corrected chi connectivity index (χ4v) is 3.06. The number of hydrogen-bond acceptors (Lipinski definition) is 8. The minimum atomic E-state index is -1.78. The minimum absolute atomic E-state index is 0.0534. The van der Waals surface area contributed by atoms with Crippen molar-refractivity contribution in [2.45, 2.75) is 63.9 Å². The first-order valence-electron chi connectivity index (χ1n) is 10.8. The first kappa shape index (κ1) is 29.3. The molecule has 3 amide bonds. The number of carbonyl (C=O) groups is 5. The molecule has 194 valence electrons. The molecule has 0 aliphatic rings. The summed E-state index contributed by atoms with van der Waals surface area (Å²) in [6.45, 7) is 4.43. The number of amides is 3. The molecule has 0 aromatic heterocycles. The molecule has 0 saturated heterocycles. The monoisotopic (exact) mass is 496 g/mol. The highest BCUT2D eigenvalue weighted by molar-refractivity contribution is 5.95. The molecule has 0 saturated carbocycles. The lowest BCUT2D eigenvalue weighted by atomic mass is 10.0. The molecule has 13 heteroatoms. The standard InChI is InChI=1S/C22H32N4O9/c1-10(2)17(25-19(31)14(23)8-12-4-6-13(28)7-5-12)20(32)26-18(11(3)27)21(33)24-15(22(34)35)9-16(29)30/h4-7,10-11,14-15,17-18,27-28H,8-9,23H2,1-3H3,(H,24,33)(H,25,31)(H,26,32)(H,29,30)(H,34,35). The smallest absolute Gasteiger partial charge is 0.326 e. The molecule has 5 atom stereocenters. The van der Waals surface area contributed by atoms with Crippen LogP contribution < -0.4 is 21.7 Å².